The fraction of sp³-hybridized carbons (Fsp3) is 1.00. The molecule has 0 bridgehead atoms. The third kappa shape index (κ3) is 7.70. The summed E-state index contributed by atoms with van der Waals surface area (Å²) in [5, 5.41) is 31.3. The lowest BCUT2D eigenvalue weighted by atomic mass is 10.5. The third-order valence-corrected chi connectivity index (χ3v) is 1.06. The van der Waals surface area contributed by atoms with E-state index in [1.807, 2.05) is 0 Å². The van der Waals surface area contributed by atoms with Crippen molar-refractivity contribution in [3.63, 3.8) is 0 Å². The molecule has 0 saturated carbocycles. The van der Waals surface area contributed by atoms with Gasteiger partial charge < -0.3 is 20.6 Å². The first-order chi connectivity index (χ1) is 5.16. The van der Waals surface area contributed by atoms with E-state index in [0.717, 1.165) is 0 Å². The van der Waals surface area contributed by atoms with Crippen molar-refractivity contribution in [1.82, 2.24) is 10.6 Å². The minimum atomic E-state index is -0.776. The summed E-state index contributed by atoms with van der Waals surface area (Å²) in [4.78, 5) is 0. The summed E-state index contributed by atoms with van der Waals surface area (Å²) in [6.45, 7) is 2.32. The van der Waals surface area contributed by atoms with Gasteiger partial charge >= 0.3 is 0 Å². The highest BCUT2D eigenvalue weighted by atomic mass is 16.3. The smallest absolute Gasteiger partial charge is 0.119 e. The first-order valence-electron chi connectivity index (χ1n) is 3.60. The largest absolute Gasteiger partial charge is 0.395 e. The second-order valence-corrected chi connectivity index (χ2v) is 2.29. The number of nitrogens with one attached hydrogen (secondary N) is 2. The van der Waals surface area contributed by atoms with Gasteiger partial charge in [0.1, 0.15) is 12.5 Å². The maximum Gasteiger partial charge on any atom is 0.119 e. The topological polar surface area (TPSA) is 84.8 Å². The van der Waals surface area contributed by atoms with Crippen LogP contribution in [-0.2, 0) is 0 Å². The third-order valence-electron chi connectivity index (χ3n) is 1.06. The van der Waals surface area contributed by atoms with E-state index in [0.29, 0.717) is 13.1 Å². The van der Waals surface area contributed by atoms with E-state index in [1.165, 1.54) is 6.92 Å². The van der Waals surface area contributed by atoms with Crippen molar-refractivity contribution in [1.29, 1.82) is 0 Å². The van der Waals surface area contributed by atoms with Crippen molar-refractivity contribution in [2.75, 3.05) is 19.7 Å². The second-order valence-electron chi connectivity index (χ2n) is 2.29. The van der Waals surface area contributed by atoms with Gasteiger partial charge in [0, 0.05) is 13.1 Å². The van der Waals surface area contributed by atoms with E-state index in [9.17, 15) is 0 Å². The Hall–Kier alpha value is -0.200. The van der Waals surface area contributed by atoms with Crippen molar-refractivity contribution < 1.29 is 15.3 Å². The molecule has 0 aromatic heterocycles. The molecule has 5 N–H and O–H groups in total. The van der Waals surface area contributed by atoms with Crippen LogP contribution in [0, 0.1) is 0 Å². The Morgan fingerprint density at radius 3 is 2.45 bits per heavy atom. The summed E-state index contributed by atoms with van der Waals surface area (Å²) in [5.74, 6) is 0. The van der Waals surface area contributed by atoms with Crippen molar-refractivity contribution in [2.45, 2.75) is 19.4 Å². The Morgan fingerprint density at radius 2 is 2.00 bits per heavy atom. The molecule has 11 heavy (non-hydrogen) atoms. The average molecular weight is 164 g/mol. The van der Waals surface area contributed by atoms with Gasteiger partial charge in [0.05, 0.1) is 6.61 Å². The molecule has 0 aromatic carbocycles. The first-order valence-corrected chi connectivity index (χ1v) is 3.60. The Labute approximate surface area is 66.0 Å². The highest BCUT2D eigenvalue weighted by Gasteiger charge is 2.03. The molecule has 2 unspecified atom stereocenters. The summed E-state index contributed by atoms with van der Waals surface area (Å²) >= 11 is 0. The summed E-state index contributed by atoms with van der Waals surface area (Å²) < 4.78 is 0. The molecule has 0 saturated heterocycles. The Kier molecular flexibility index (Phi) is 6.39. The SMILES string of the molecule is CC(O)NC(O)CNCCO. The van der Waals surface area contributed by atoms with Crippen LogP contribution in [0.25, 0.3) is 0 Å². The molecule has 0 heterocycles. The lowest BCUT2D eigenvalue weighted by molar-refractivity contribution is 0.0519. The van der Waals surface area contributed by atoms with Crippen LogP contribution in [0.2, 0.25) is 0 Å². The molecule has 0 aliphatic rings. The fourth-order valence-corrected chi connectivity index (χ4v) is 0.655. The zero-order valence-electron chi connectivity index (χ0n) is 6.62. The molecule has 5 heteroatoms. The number of aliphatic hydroxyl groups is 3. The standard InChI is InChI=1S/C6H16N2O3/c1-5(10)8-6(11)4-7-2-3-9/h5-11H,2-4H2,1H3. The average Bonchev–Trinajstić information content (AvgIpc) is 1.86. The maximum absolute atomic E-state index is 9.03. The molecule has 68 valence electrons. The quantitative estimate of drug-likeness (QED) is 0.227. The molecular formula is C6H16N2O3. The number of aliphatic hydroxyl groups excluding tert-OH is 3. The van der Waals surface area contributed by atoms with E-state index in [2.05, 4.69) is 10.6 Å². The van der Waals surface area contributed by atoms with Crippen LogP contribution >= 0.6 is 0 Å². The molecule has 0 radical (unpaired) electrons. The number of hydrogen-bond donors (Lipinski definition) is 5. The van der Waals surface area contributed by atoms with E-state index in [1.54, 1.807) is 0 Å². The summed E-state index contributed by atoms with van der Waals surface area (Å²) in [5.41, 5.74) is 0. The van der Waals surface area contributed by atoms with Crippen LogP contribution in [-0.4, -0.2) is 47.5 Å². The van der Waals surface area contributed by atoms with Gasteiger partial charge in [-0.3, -0.25) is 5.32 Å². The molecule has 0 amide bonds. The van der Waals surface area contributed by atoms with E-state index < -0.39 is 12.5 Å². The van der Waals surface area contributed by atoms with E-state index in [4.69, 9.17) is 15.3 Å². The van der Waals surface area contributed by atoms with Gasteiger partial charge in [-0.1, -0.05) is 0 Å². The van der Waals surface area contributed by atoms with Gasteiger partial charge in [-0.25, -0.2) is 0 Å². The van der Waals surface area contributed by atoms with Crippen LogP contribution in [0.3, 0.4) is 0 Å². The van der Waals surface area contributed by atoms with Crippen LogP contribution in [0.5, 0.6) is 0 Å². The number of hydrogen-bond acceptors (Lipinski definition) is 5. The lowest BCUT2D eigenvalue weighted by Gasteiger charge is -2.14. The molecule has 0 fully saturated rings. The lowest BCUT2D eigenvalue weighted by Crippen LogP contribution is -2.43. The van der Waals surface area contributed by atoms with Crippen LogP contribution in [0.4, 0.5) is 0 Å². The van der Waals surface area contributed by atoms with Crippen LogP contribution in [0.15, 0.2) is 0 Å². The highest BCUT2D eigenvalue weighted by molar-refractivity contribution is 4.56. The van der Waals surface area contributed by atoms with Crippen molar-refractivity contribution in [3.8, 4) is 0 Å². The van der Waals surface area contributed by atoms with Crippen molar-refractivity contribution >= 4 is 0 Å². The van der Waals surface area contributed by atoms with Gasteiger partial charge in [-0.2, -0.15) is 0 Å². The predicted molar refractivity (Wildman–Crippen MR) is 40.8 cm³/mol. The van der Waals surface area contributed by atoms with E-state index >= 15 is 0 Å². The zero-order chi connectivity index (χ0) is 8.69. The van der Waals surface area contributed by atoms with Gasteiger partial charge in [0.25, 0.3) is 0 Å². The summed E-state index contributed by atoms with van der Waals surface area (Å²) in [6, 6.07) is 0. The minimum Gasteiger partial charge on any atom is -0.395 e. The second kappa shape index (κ2) is 6.51. The van der Waals surface area contributed by atoms with Gasteiger partial charge in [0.15, 0.2) is 0 Å². The zero-order valence-corrected chi connectivity index (χ0v) is 6.62. The molecule has 5 nitrogen and oxygen atoms in total. The molecule has 0 aliphatic heterocycles. The predicted octanol–water partition coefficient (Wildman–Crippen LogP) is -2.19. The molecule has 2 atom stereocenters. The molecule has 0 rings (SSSR count). The van der Waals surface area contributed by atoms with Gasteiger partial charge in [-0.05, 0) is 6.92 Å². The van der Waals surface area contributed by atoms with Crippen LogP contribution in [0.1, 0.15) is 6.92 Å². The fourth-order valence-electron chi connectivity index (χ4n) is 0.655. The number of rotatable bonds is 6. The maximum atomic E-state index is 9.03. The Morgan fingerprint density at radius 1 is 1.36 bits per heavy atom. The molecular weight excluding hydrogens is 148 g/mol. The van der Waals surface area contributed by atoms with Crippen molar-refractivity contribution in [2.24, 2.45) is 0 Å². The van der Waals surface area contributed by atoms with Gasteiger partial charge in [-0.15, -0.1) is 0 Å². The van der Waals surface area contributed by atoms with E-state index in [-0.39, 0.29) is 6.61 Å². The summed E-state index contributed by atoms with van der Waals surface area (Å²) in [6.07, 6.45) is -1.50. The van der Waals surface area contributed by atoms with Crippen molar-refractivity contribution in [3.05, 3.63) is 0 Å². The highest BCUT2D eigenvalue weighted by Crippen LogP contribution is 1.77. The van der Waals surface area contributed by atoms with Gasteiger partial charge in [0.2, 0.25) is 0 Å². The first kappa shape index (κ1) is 10.8. The normalized spacial score (nSPS) is 16.4. The Balaban J connectivity index is 3.15. The minimum absolute atomic E-state index is 0.0431. The monoisotopic (exact) mass is 164 g/mol. The molecule has 0 aromatic rings. The molecule has 0 aliphatic carbocycles. The van der Waals surface area contributed by atoms with Crippen LogP contribution < -0.4 is 10.6 Å². The molecule has 0 spiro atoms. The summed E-state index contributed by atoms with van der Waals surface area (Å²) in [7, 11) is 0. The Bertz CT molecular complexity index is 89.9.